The first kappa shape index (κ1) is 49.2. The van der Waals surface area contributed by atoms with E-state index in [0.717, 1.165) is 71.1 Å². The molecule has 0 amide bonds. The van der Waals surface area contributed by atoms with Gasteiger partial charge >= 0.3 is 346 Å². The van der Waals surface area contributed by atoms with E-state index in [2.05, 4.69) is 305 Å². The molecule has 15 rings (SSSR count). The third-order valence-corrected chi connectivity index (χ3v) is 18.1. The molecule has 2 aliphatic carbocycles. The Bertz CT molecular complexity index is 4700. The molecule has 0 radical (unpaired) electrons. The van der Waals surface area contributed by atoms with E-state index in [9.17, 15) is 0 Å². The number of nitrogens with zero attached hydrogens (tertiary/aromatic N) is 4. The topological polar surface area (TPSA) is 36.9 Å². The Kier molecular flexibility index (Phi) is 11.1. The summed E-state index contributed by atoms with van der Waals surface area (Å²) >= 11 is 2.55. The summed E-state index contributed by atoms with van der Waals surface area (Å²) in [6.45, 7) is 13.9. The number of benzene rings is 10. The van der Waals surface area contributed by atoms with E-state index in [1.807, 2.05) is 12.3 Å². The molecule has 0 unspecified atom stereocenters. The second kappa shape index (κ2) is 18.3. The molecule has 0 fully saturated rings. The fourth-order valence-electron chi connectivity index (χ4n) is 13.3. The van der Waals surface area contributed by atoms with Gasteiger partial charge in [0.25, 0.3) is 0 Å². The van der Waals surface area contributed by atoms with Crippen LogP contribution in [0.2, 0.25) is 0 Å². The first-order valence-electron chi connectivity index (χ1n) is 28.0. The van der Waals surface area contributed by atoms with Gasteiger partial charge in [-0.25, -0.2) is 0 Å². The van der Waals surface area contributed by atoms with Gasteiger partial charge in [0.05, 0.1) is 5.41 Å². The first-order valence-corrected chi connectivity index (χ1v) is 29.1. The molecule has 0 bridgehead atoms. The van der Waals surface area contributed by atoms with E-state index in [-0.39, 0.29) is 10.8 Å². The van der Waals surface area contributed by atoms with Gasteiger partial charge in [-0.05, 0) is 50.6 Å². The van der Waals surface area contributed by atoms with Crippen molar-refractivity contribution in [1.29, 1.82) is 0 Å². The maximum absolute atomic E-state index is 7.03. The Balaban J connectivity index is 0.883. The van der Waals surface area contributed by atoms with Crippen molar-refractivity contribution in [3.8, 4) is 73.2 Å². The van der Waals surface area contributed by atoms with Crippen LogP contribution in [0.25, 0.3) is 94.5 Å². The third kappa shape index (κ3) is 7.55. The molecule has 1 spiro atoms. The Hall–Kier alpha value is -8.89. The van der Waals surface area contributed by atoms with Crippen molar-refractivity contribution < 1.29 is 24.1 Å². The molecule has 394 valence electrons. The van der Waals surface area contributed by atoms with E-state index >= 15 is 0 Å². The Morgan fingerprint density at radius 2 is 0.926 bits per heavy atom. The summed E-state index contributed by atoms with van der Waals surface area (Å²) in [6.07, 6.45) is 1.89. The van der Waals surface area contributed by atoms with Gasteiger partial charge in [0.2, 0.25) is 0 Å². The Morgan fingerprint density at radius 3 is 1.57 bits per heavy atom. The number of aromatic nitrogens is 4. The first-order chi connectivity index (χ1) is 39.4. The molecule has 2 aliphatic rings. The predicted octanol–water partition coefficient (Wildman–Crippen LogP) is 19.1. The van der Waals surface area contributed by atoms with Crippen LogP contribution in [0.5, 0.6) is 11.5 Å². The number of hydrogen-bond donors (Lipinski definition) is 0. The Labute approximate surface area is 483 Å². The van der Waals surface area contributed by atoms with Gasteiger partial charge in [0, 0.05) is 6.20 Å². The number of pyridine rings is 1. The molecular weight excluding hydrogens is 1170 g/mol. The van der Waals surface area contributed by atoms with Gasteiger partial charge < -0.3 is 0 Å². The van der Waals surface area contributed by atoms with E-state index in [1.165, 1.54) is 72.1 Å². The van der Waals surface area contributed by atoms with Crippen LogP contribution in [0.3, 0.4) is 0 Å². The minimum absolute atomic E-state index is 0.0461. The molecule has 3 aromatic heterocycles. The van der Waals surface area contributed by atoms with Crippen LogP contribution in [0.15, 0.2) is 243 Å². The molecule has 6 heteroatoms. The van der Waals surface area contributed by atoms with Crippen LogP contribution < -0.4 is 4.74 Å². The number of rotatable bonds is 7. The van der Waals surface area contributed by atoms with Crippen molar-refractivity contribution in [3.05, 3.63) is 280 Å². The molecule has 3 heterocycles. The summed E-state index contributed by atoms with van der Waals surface area (Å²) in [7, 11) is 0. The summed E-state index contributed by atoms with van der Waals surface area (Å²) in [6, 6.07) is 86.8. The molecule has 81 heavy (non-hydrogen) atoms. The van der Waals surface area contributed by atoms with Gasteiger partial charge in [-0.2, -0.15) is 0 Å². The minimum atomic E-state index is -0.470. The zero-order valence-electron chi connectivity index (χ0n) is 46.1. The average Bonchev–Trinajstić information content (AvgIpc) is 2.53. The summed E-state index contributed by atoms with van der Waals surface area (Å²) < 4.78 is 15.2. The summed E-state index contributed by atoms with van der Waals surface area (Å²) in [5, 5.41) is 2.31. The van der Waals surface area contributed by atoms with E-state index in [4.69, 9.17) is 9.72 Å². The molecule has 0 saturated heterocycles. The van der Waals surface area contributed by atoms with Crippen LogP contribution in [0.1, 0.15) is 74.9 Å². The molecule has 13 aromatic rings. The van der Waals surface area contributed by atoms with Gasteiger partial charge in [-0.1, -0.05) is 78.9 Å². The molecule has 0 saturated carbocycles. The van der Waals surface area contributed by atoms with Crippen LogP contribution in [0.4, 0.5) is 0 Å². The maximum atomic E-state index is 7.03. The molecule has 0 atom stereocenters. The average molecular weight is 1230 g/mol. The Morgan fingerprint density at radius 1 is 0.383 bits per heavy atom. The quantitative estimate of drug-likeness (QED) is 0.159. The molecule has 0 N–H and O–H groups in total. The van der Waals surface area contributed by atoms with Crippen molar-refractivity contribution in [2.24, 2.45) is 0 Å². The van der Waals surface area contributed by atoms with E-state index < -0.39 is 5.41 Å². The monoisotopic (exact) mass is 1230 g/mol. The molecule has 10 aromatic carbocycles. The number of para-hydroxylation sites is 3. The number of imidazole rings is 1. The molecule has 5 nitrogen and oxygen atoms in total. The number of hydrogen-bond acceptors (Lipinski definition) is 2. The fourth-order valence-corrected chi connectivity index (χ4v) is 14.4. The van der Waals surface area contributed by atoms with Crippen LogP contribution in [-0.4, -0.2) is 18.7 Å². The fraction of sp³-hybridized carbons (Fsp3) is 0.120. The number of ether oxygens (including phenoxy) is 1. The number of fused-ring (bicyclic) bond motifs is 14. The summed E-state index contributed by atoms with van der Waals surface area (Å²) in [4.78, 5) is 5.02. The van der Waals surface area contributed by atoms with Crippen molar-refractivity contribution in [2.45, 2.75) is 57.8 Å². The second-order valence-corrected chi connectivity index (χ2v) is 24.9. The molecule has 0 aliphatic heterocycles. The predicted molar refractivity (Wildman–Crippen MR) is 329 cm³/mol. The van der Waals surface area contributed by atoms with Gasteiger partial charge in [-0.15, -0.1) is 0 Å². The van der Waals surface area contributed by atoms with Crippen LogP contribution in [0, 0.1) is 3.80 Å². The SMILES string of the molecule is CC(C)(C)c1cc(-c2cccc(-c3ccccc3)c2-n2[c](=[Pt])n(-c3cccc(Oc4ccc5c6cc7c(cc6n(-c6ccccn6)c5c4)C4(c5ccccc5-c5ccccc54)c4ccccc4-7)c3)c3ccccc32)cc(C(C)(C)C)c1. The third-order valence-electron chi connectivity index (χ3n) is 17.1. The normalized spacial score (nSPS) is 13.2. The summed E-state index contributed by atoms with van der Waals surface area (Å²) in [5.74, 6) is 2.33. The zero-order chi connectivity index (χ0) is 54.9. The van der Waals surface area contributed by atoms with Crippen LogP contribution >= 0.6 is 0 Å². The van der Waals surface area contributed by atoms with Gasteiger partial charge in [0.15, 0.2) is 0 Å². The second-order valence-electron chi connectivity index (χ2n) is 23.9. The van der Waals surface area contributed by atoms with Crippen molar-refractivity contribution in [1.82, 2.24) is 18.7 Å². The van der Waals surface area contributed by atoms with Crippen molar-refractivity contribution >= 4 is 32.8 Å². The van der Waals surface area contributed by atoms with E-state index in [1.54, 1.807) is 0 Å². The van der Waals surface area contributed by atoms with E-state index in [0.29, 0.717) is 0 Å². The van der Waals surface area contributed by atoms with Crippen molar-refractivity contribution in [2.75, 3.05) is 0 Å². The standard InChI is InChI=1S/C75H58N4O.Pt/c1-73(2,3)50-40-49(41-51(42-50)74(4,5)6)56-30-21-29-55(48-22-8-7-9-23-48)72(56)78-47-77(67-34-16-17-35-68(67)78)52-24-20-25-53(43-52)80-54-37-38-60-62-45-61-59-28-12-15-33-65(59)75(63-31-13-10-26-57(63)58-27-11-14-32-64(58)75)66(61)46-70(62)79(69(60)44-54)71-36-18-19-39-76-71;/h7-46H,1-6H3;. The van der Waals surface area contributed by atoms with Crippen LogP contribution in [-0.2, 0) is 35.6 Å². The summed E-state index contributed by atoms with van der Waals surface area (Å²) in [5.41, 5.74) is 23.7. The van der Waals surface area contributed by atoms with Gasteiger partial charge in [0.1, 0.15) is 0 Å². The van der Waals surface area contributed by atoms with Gasteiger partial charge in [-0.3, -0.25) is 0 Å². The molecular formula is C75H58N4OPt. The zero-order valence-corrected chi connectivity index (χ0v) is 48.4. The van der Waals surface area contributed by atoms with Crippen molar-refractivity contribution in [3.63, 3.8) is 0 Å².